The summed E-state index contributed by atoms with van der Waals surface area (Å²) in [6.07, 6.45) is 0. The molecule has 10 heavy (non-hydrogen) atoms. The van der Waals surface area contributed by atoms with E-state index in [-0.39, 0.29) is 17.9 Å². The molecule has 0 spiro atoms. The number of aliphatic hydroxyl groups is 1. The lowest BCUT2D eigenvalue weighted by Gasteiger charge is -2.28. The first-order valence-electron chi connectivity index (χ1n) is 3.62. The van der Waals surface area contributed by atoms with E-state index in [1.54, 1.807) is 7.11 Å². The third-order valence-corrected chi connectivity index (χ3v) is 1.81. The molecule has 0 heterocycles. The average Bonchev–Trinajstić information content (AvgIpc) is 1.80. The third kappa shape index (κ3) is 3.18. The van der Waals surface area contributed by atoms with Gasteiger partial charge in [-0.3, -0.25) is 0 Å². The SMILES string of the molecule is COCC(CO)C(C)(C)C. The van der Waals surface area contributed by atoms with Crippen LogP contribution in [0.25, 0.3) is 0 Å². The van der Waals surface area contributed by atoms with Crippen LogP contribution in [0.15, 0.2) is 0 Å². The molecule has 0 aliphatic carbocycles. The number of hydrogen-bond acceptors (Lipinski definition) is 2. The van der Waals surface area contributed by atoms with Crippen molar-refractivity contribution in [2.24, 2.45) is 11.3 Å². The maximum Gasteiger partial charge on any atom is 0.0517 e. The predicted molar refractivity (Wildman–Crippen MR) is 41.9 cm³/mol. The highest BCUT2D eigenvalue weighted by Gasteiger charge is 2.23. The van der Waals surface area contributed by atoms with E-state index in [4.69, 9.17) is 9.84 Å². The van der Waals surface area contributed by atoms with Gasteiger partial charge in [0.25, 0.3) is 0 Å². The largest absolute Gasteiger partial charge is 0.396 e. The smallest absolute Gasteiger partial charge is 0.0517 e. The van der Waals surface area contributed by atoms with Crippen LogP contribution in [-0.4, -0.2) is 25.4 Å². The summed E-state index contributed by atoms with van der Waals surface area (Å²) >= 11 is 0. The molecule has 0 saturated heterocycles. The van der Waals surface area contributed by atoms with Crippen LogP contribution < -0.4 is 0 Å². The first kappa shape index (κ1) is 9.92. The van der Waals surface area contributed by atoms with E-state index in [2.05, 4.69) is 20.8 Å². The molecule has 0 aromatic carbocycles. The van der Waals surface area contributed by atoms with Crippen molar-refractivity contribution in [3.8, 4) is 0 Å². The van der Waals surface area contributed by atoms with Crippen molar-refractivity contribution < 1.29 is 9.84 Å². The van der Waals surface area contributed by atoms with E-state index in [0.29, 0.717) is 6.61 Å². The first-order chi connectivity index (χ1) is 4.52. The van der Waals surface area contributed by atoms with Crippen molar-refractivity contribution in [1.82, 2.24) is 0 Å². The van der Waals surface area contributed by atoms with Gasteiger partial charge in [-0.1, -0.05) is 20.8 Å². The van der Waals surface area contributed by atoms with Gasteiger partial charge in [0.15, 0.2) is 0 Å². The van der Waals surface area contributed by atoms with Crippen molar-refractivity contribution >= 4 is 0 Å². The molecule has 0 bridgehead atoms. The predicted octanol–water partition coefficient (Wildman–Crippen LogP) is 1.29. The Morgan fingerprint density at radius 2 is 1.90 bits per heavy atom. The Morgan fingerprint density at radius 1 is 1.40 bits per heavy atom. The van der Waals surface area contributed by atoms with Gasteiger partial charge in [-0.2, -0.15) is 0 Å². The van der Waals surface area contributed by atoms with Crippen molar-refractivity contribution in [1.29, 1.82) is 0 Å². The zero-order valence-electron chi connectivity index (χ0n) is 7.35. The van der Waals surface area contributed by atoms with Gasteiger partial charge in [-0.05, 0) is 5.41 Å². The molecule has 1 atom stereocenters. The van der Waals surface area contributed by atoms with Crippen molar-refractivity contribution in [2.45, 2.75) is 20.8 Å². The number of aliphatic hydroxyl groups excluding tert-OH is 1. The number of rotatable bonds is 3. The summed E-state index contributed by atoms with van der Waals surface area (Å²) in [7, 11) is 1.66. The van der Waals surface area contributed by atoms with Crippen LogP contribution in [0.4, 0.5) is 0 Å². The minimum Gasteiger partial charge on any atom is -0.396 e. The topological polar surface area (TPSA) is 29.5 Å². The summed E-state index contributed by atoms with van der Waals surface area (Å²) in [6.45, 7) is 7.16. The number of hydrogen-bond donors (Lipinski definition) is 1. The van der Waals surface area contributed by atoms with Gasteiger partial charge in [-0.25, -0.2) is 0 Å². The molecule has 0 rings (SSSR count). The zero-order chi connectivity index (χ0) is 8.20. The Labute approximate surface area is 63.2 Å². The molecular formula is C8H18O2. The minimum absolute atomic E-state index is 0.144. The van der Waals surface area contributed by atoms with Crippen LogP contribution in [0.1, 0.15) is 20.8 Å². The minimum atomic E-state index is 0.144. The Hall–Kier alpha value is -0.0800. The lowest BCUT2D eigenvalue weighted by molar-refractivity contribution is 0.0475. The zero-order valence-corrected chi connectivity index (χ0v) is 7.35. The molecule has 1 N–H and O–H groups in total. The monoisotopic (exact) mass is 146 g/mol. The van der Waals surface area contributed by atoms with E-state index in [1.807, 2.05) is 0 Å². The lowest BCUT2D eigenvalue weighted by atomic mass is 9.82. The van der Waals surface area contributed by atoms with E-state index >= 15 is 0 Å². The number of ether oxygens (including phenoxy) is 1. The van der Waals surface area contributed by atoms with E-state index in [0.717, 1.165) is 0 Å². The van der Waals surface area contributed by atoms with Gasteiger partial charge in [-0.15, -0.1) is 0 Å². The van der Waals surface area contributed by atoms with Gasteiger partial charge in [0.05, 0.1) is 6.61 Å². The molecule has 0 radical (unpaired) electrons. The molecule has 62 valence electrons. The Kier molecular flexibility index (Phi) is 3.91. The lowest BCUT2D eigenvalue weighted by Crippen LogP contribution is -2.27. The van der Waals surface area contributed by atoms with Gasteiger partial charge in [0.2, 0.25) is 0 Å². The number of methoxy groups -OCH3 is 1. The van der Waals surface area contributed by atoms with Crippen LogP contribution in [0, 0.1) is 11.3 Å². The van der Waals surface area contributed by atoms with Gasteiger partial charge in [0, 0.05) is 19.6 Å². The molecule has 0 fully saturated rings. The van der Waals surface area contributed by atoms with Gasteiger partial charge < -0.3 is 9.84 Å². The summed E-state index contributed by atoms with van der Waals surface area (Å²) in [5.41, 5.74) is 0.144. The quantitative estimate of drug-likeness (QED) is 0.650. The first-order valence-corrected chi connectivity index (χ1v) is 3.62. The molecule has 0 saturated carbocycles. The van der Waals surface area contributed by atoms with Gasteiger partial charge >= 0.3 is 0 Å². The van der Waals surface area contributed by atoms with Crippen LogP contribution in [0.2, 0.25) is 0 Å². The molecular weight excluding hydrogens is 128 g/mol. The maximum atomic E-state index is 8.91. The normalized spacial score (nSPS) is 15.3. The van der Waals surface area contributed by atoms with Gasteiger partial charge in [0.1, 0.15) is 0 Å². The van der Waals surface area contributed by atoms with Crippen LogP contribution in [0.3, 0.4) is 0 Å². The van der Waals surface area contributed by atoms with E-state index in [9.17, 15) is 0 Å². The Morgan fingerprint density at radius 3 is 2.00 bits per heavy atom. The molecule has 0 aromatic rings. The molecule has 0 aliphatic rings. The standard InChI is InChI=1S/C8H18O2/c1-8(2,3)7(5-9)6-10-4/h7,9H,5-6H2,1-4H3. The van der Waals surface area contributed by atoms with Crippen molar-refractivity contribution in [2.75, 3.05) is 20.3 Å². The molecule has 2 nitrogen and oxygen atoms in total. The van der Waals surface area contributed by atoms with E-state index < -0.39 is 0 Å². The summed E-state index contributed by atoms with van der Waals surface area (Å²) in [6, 6.07) is 0. The second kappa shape index (κ2) is 3.94. The molecule has 2 heteroatoms. The highest BCUT2D eigenvalue weighted by Crippen LogP contribution is 2.25. The summed E-state index contributed by atoms with van der Waals surface area (Å²) in [5, 5.41) is 8.91. The second-order valence-corrected chi connectivity index (χ2v) is 3.70. The fourth-order valence-electron chi connectivity index (χ4n) is 0.778. The van der Waals surface area contributed by atoms with Crippen molar-refractivity contribution in [3.63, 3.8) is 0 Å². The molecule has 0 aliphatic heterocycles. The Balaban J connectivity index is 3.81. The summed E-state index contributed by atoms with van der Waals surface area (Å²) in [5.74, 6) is 0.248. The van der Waals surface area contributed by atoms with Crippen LogP contribution in [0.5, 0.6) is 0 Å². The van der Waals surface area contributed by atoms with Crippen LogP contribution in [-0.2, 0) is 4.74 Å². The average molecular weight is 146 g/mol. The third-order valence-electron chi connectivity index (χ3n) is 1.81. The second-order valence-electron chi connectivity index (χ2n) is 3.70. The fraction of sp³-hybridized carbons (Fsp3) is 1.00. The van der Waals surface area contributed by atoms with E-state index in [1.165, 1.54) is 0 Å². The fourth-order valence-corrected chi connectivity index (χ4v) is 0.778. The maximum absolute atomic E-state index is 8.91. The summed E-state index contributed by atoms with van der Waals surface area (Å²) < 4.78 is 4.96. The highest BCUT2D eigenvalue weighted by atomic mass is 16.5. The highest BCUT2D eigenvalue weighted by molar-refractivity contribution is 4.72. The molecule has 0 amide bonds. The molecule has 1 unspecified atom stereocenters. The Bertz CT molecular complexity index is 83.7. The summed E-state index contributed by atoms with van der Waals surface area (Å²) in [4.78, 5) is 0. The van der Waals surface area contributed by atoms with Crippen molar-refractivity contribution in [3.05, 3.63) is 0 Å². The van der Waals surface area contributed by atoms with Crippen LogP contribution >= 0.6 is 0 Å². The molecule has 0 aromatic heterocycles.